The molecule has 0 aliphatic carbocycles. The van der Waals surface area contributed by atoms with Gasteiger partial charge in [-0.2, -0.15) is 19.6 Å². The minimum atomic E-state index is -0.363. The lowest BCUT2D eigenvalue weighted by molar-refractivity contribution is 0.303. The van der Waals surface area contributed by atoms with Crippen LogP contribution in [-0.4, -0.2) is 30.0 Å². The van der Waals surface area contributed by atoms with Gasteiger partial charge in [-0.15, -0.1) is 0 Å². The molecule has 8 nitrogen and oxygen atoms in total. The maximum Gasteiger partial charge on any atom is 0.368 e. The van der Waals surface area contributed by atoms with E-state index in [2.05, 4.69) is 20.6 Å². The van der Waals surface area contributed by atoms with Crippen LogP contribution in [0.2, 0.25) is 5.02 Å². The fourth-order valence-corrected chi connectivity index (χ4v) is 3.25. The fraction of sp³-hybridized carbons (Fsp3) is 0.190. The van der Waals surface area contributed by atoms with Crippen molar-refractivity contribution in [3.05, 3.63) is 80.9 Å². The second kappa shape index (κ2) is 8.08. The number of benzene rings is 2. The van der Waals surface area contributed by atoms with E-state index in [-0.39, 0.29) is 12.3 Å². The van der Waals surface area contributed by atoms with E-state index >= 15 is 0 Å². The molecule has 0 aliphatic rings. The molecule has 0 aliphatic heterocycles. The molecule has 30 heavy (non-hydrogen) atoms. The molecule has 9 heteroatoms. The van der Waals surface area contributed by atoms with Crippen molar-refractivity contribution in [2.75, 3.05) is 0 Å². The summed E-state index contributed by atoms with van der Waals surface area (Å²) in [5.74, 6) is 0.705. The number of aromatic nitrogens is 6. The van der Waals surface area contributed by atoms with Crippen LogP contribution in [0.15, 0.2) is 53.3 Å². The normalized spacial score (nSPS) is 10.9. The van der Waals surface area contributed by atoms with Crippen molar-refractivity contribution >= 4 is 11.6 Å². The summed E-state index contributed by atoms with van der Waals surface area (Å²) in [6, 6.07) is 14.9. The van der Waals surface area contributed by atoms with Crippen molar-refractivity contribution < 1.29 is 4.74 Å². The third-order valence-electron chi connectivity index (χ3n) is 4.68. The van der Waals surface area contributed by atoms with E-state index in [4.69, 9.17) is 16.3 Å². The number of rotatable bonds is 5. The Morgan fingerprint density at radius 1 is 1.03 bits per heavy atom. The first-order valence-electron chi connectivity index (χ1n) is 9.25. The summed E-state index contributed by atoms with van der Waals surface area (Å²) in [5.41, 5.74) is 4.38. The van der Waals surface area contributed by atoms with E-state index in [0.717, 1.165) is 27.2 Å². The molecule has 4 rings (SSSR count). The molecule has 0 radical (unpaired) electrons. The van der Waals surface area contributed by atoms with E-state index in [9.17, 15) is 4.79 Å². The van der Waals surface area contributed by atoms with Gasteiger partial charge in [-0.05, 0) is 72.3 Å². The number of ether oxygens (including phenoxy) is 1. The summed E-state index contributed by atoms with van der Waals surface area (Å²) in [5, 5.41) is 16.5. The molecule has 152 valence electrons. The van der Waals surface area contributed by atoms with Gasteiger partial charge in [0.2, 0.25) is 0 Å². The minimum absolute atomic E-state index is 0.169. The van der Waals surface area contributed by atoms with Crippen LogP contribution < -0.4 is 10.4 Å². The summed E-state index contributed by atoms with van der Waals surface area (Å²) in [6.07, 6.45) is 0. The predicted octanol–water partition coefficient (Wildman–Crippen LogP) is 3.27. The molecular weight excluding hydrogens is 404 g/mol. The van der Waals surface area contributed by atoms with Gasteiger partial charge in [-0.3, -0.25) is 0 Å². The third kappa shape index (κ3) is 3.81. The van der Waals surface area contributed by atoms with Gasteiger partial charge < -0.3 is 4.74 Å². The van der Waals surface area contributed by atoms with Gasteiger partial charge in [0.1, 0.15) is 12.4 Å². The van der Waals surface area contributed by atoms with Crippen molar-refractivity contribution in [2.24, 2.45) is 7.05 Å². The standard InChI is InChI=1S/C21H19ClN6O2/c1-13-11-15(18-9-7-14(2)23-24-18)8-10-20(13)30-12-16-17(22)5-4-6-19(16)28-21(29)27(3)25-26-28/h4-11H,12H2,1-3H3. The molecule has 2 aromatic carbocycles. The van der Waals surface area contributed by atoms with Crippen LogP contribution in [0.4, 0.5) is 0 Å². The van der Waals surface area contributed by atoms with Gasteiger partial charge in [0.15, 0.2) is 0 Å². The first-order chi connectivity index (χ1) is 14.4. The quantitative estimate of drug-likeness (QED) is 0.490. The van der Waals surface area contributed by atoms with Gasteiger partial charge in [-0.25, -0.2) is 4.79 Å². The van der Waals surface area contributed by atoms with E-state index in [1.54, 1.807) is 18.2 Å². The molecule has 0 unspecified atom stereocenters. The zero-order chi connectivity index (χ0) is 21.3. The van der Waals surface area contributed by atoms with Crippen LogP contribution in [0.25, 0.3) is 16.9 Å². The lowest BCUT2D eigenvalue weighted by Crippen LogP contribution is -2.23. The minimum Gasteiger partial charge on any atom is -0.488 e. The number of hydrogen-bond acceptors (Lipinski definition) is 6. The zero-order valence-corrected chi connectivity index (χ0v) is 17.5. The molecule has 2 heterocycles. The van der Waals surface area contributed by atoms with Crippen LogP contribution in [0.1, 0.15) is 16.8 Å². The summed E-state index contributed by atoms with van der Waals surface area (Å²) in [6.45, 7) is 4.03. The molecule has 0 saturated carbocycles. The average Bonchev–Trinajstić information content (AvgIpc) is 3.07. The Hall–Kier alpha value is -3.52. The smallest absolute Gasteiger partial charge is 0.368 e. The molecule has 2 aromatic heterocycles. The Morgan fingerprint density at radius 3 is 2.53 bits per heavy atom. The lowest BCUT2D eigenvalue weighted by Gasteiger charge is -2.14. The van der Waals surface area contributed by atoms with Gasteiger partial charge >= 0.3 is 5.69 Å². The number of halogens is 1. The van der Waals surface area contributed by atoms with Gasteiger partial charge in [0.05, 0.1) is 17.1 Å². The Labute approximate surface area is 177 Å². The van der Waals surface area contributed by atoms with E-state index < -0.39 is 0 Å². The van der Waals surface area contributed by atoms with Crippen LogP contribution >= 0.6 is 11.6 Å². The van der Waals surface area contributed by atoms with E-state index in [1.807, 2.05) is 44.2 Å². The maximum absolute atomic E-state index is 12.3. The van der Waals surface area contributed by atoms with Crippen LogP contribution in [0.3, 0.4) is 0 Å². The Kier molecular flexibility index (Phi) is 5.33. The largest absolute Gasteiger partial charge is 0.488 e. The molecule has 4 aromatic rings. The number of nitrogens with zero attached hydrogens (tertiary/aromatic N) is 6. The molecular formula is C21H19ClN6O2. The molecule has 0 bridgehead atoms. The molecule has 0 N–H and O–H groups in total. The summed E-state index contributed by atoms with van der Waals surface area (Å²) < 4.78 is 8.39. The number of hydrogen-bond donors (Lipinski definition) is 0. The molecule has 0 saturated heterocycles. The van der Waals surface area contributed by atoms with Crippen molar-refractivity contribution in [1.82, 2.24) is 30.0 Å². The van der Waals surface area contributed by atoms with E-state index in [0.29, 0.717) is 22.0 Å². The Bertz CT molecular complexity index is 1260. The fourth-order valence-electron chi connectivity index (χ4n) is 3.03. The summed E-state index contributed by atoms with van der Waals surface area (Å²) in [7, 11) is 1.54. The van der Waals surface area contributed by atoms with Crippen LogP contribution in [0, 0.1) is 13.8 Å². The van der Waals surface area contributed by atoms with Crippen molar-refractivity contribution in [3.8, 4) is 22.7 Å². The van der Waals surface area contributed by atoms with Crippen LogP contribution in [-0.2, 0) is 13.7 Å². The first kappa shape index (κ1) is 19.8. The molecule has 0 fully saturated rings. The highest BCUT2D eigenvalue weighted by atomic mass is 35.5. The monoisotopic (exact) mass is 422 g/mol. The Morgan fingerprint density at radius 2 is 1.87 bits per heavy atom. The zero-order valence-electron chi connectivity index (χ0n) is 16.7. The van der Waals surface area contributed by atoms with Gasteiger partial charge in [-0.1, -0.05) is 17.7 Å². The van der Waals surface area contributed by atoms with Gasteiger partial charge in [0, 0.05) is 23.2 Å². The SMILES string of the molecule is Cc1ccc(-c2ccc(OCc3c(Cl)cccc3-n3nnn(C)c3=O)c(C)c2)nn1. The topological polar surface area (TPSA) is 87.7 Å². The highest BCUT2D eigenvalue weighted by Gasteiger charge is 2.15. The van der Waals surface area contributed by atoms with Crippen LogP contribution in [0.5, 0.6) is 5.75 Å². The van der Waals surface area contributed by atoms with Crippen molar-refractivity contribution in [2.45, 2.75) is 20.5 Å². The molecule has 0 atom stereocenters. The van der Waals surface area contributed by atoms with Crippen molar-refractivity contribution in [3.63, 3.8) is 0 Å². The maximum atomic E-state index is 12.3. The number of tetrazole rings is 1. The molecule has 0 amide bonds. The summed E-state index contributed by atoms with van der Waals surface area (Å²) in [4.78, 5) is 12.3. The highest BCUT2D eigenvalue weighted by molar-refractivity contribution is 6.31. The Balaban J connectivity index is 1.60. The van der Waals surface area contributed by atoms with Crippen molar-refractivity contribution in [1.29, 1.82) is 0 Å². The average molecular weight is 423 g/mol. The third-order valence-corrected chi connectivity index (χ3v) is 5.04. The molecule has 0 spiro atoms. The first-order valence-corrected chi connectivity index (χ1v) is 9.63. The lowest BCUT2D eigenvalue weighted by atomic mass is 10.1. The second-order valence-corrected chi connectivity index (χ2v) is 7.27. The van der Waals surface area contributed by atoms with E-state index in [1.165, 1.54) is 11.7 Å². The number of aryl methyl sites for hydroxylation is 3. The second-order valence-electron chi connectivity index (χ2n) is 6.86. The van der Waals surface area contributed by atoms with Gasteiger partial charge in [0.25, 0.3) is 0 Å². The predicted molar refractivity (Wildman–Crippen MR) is 113 cm³/mol. The summed E-state index contributed by atoms with van der Waals surface area (Å²) >= 11 is 6.40. The highest BCUT2D eigenvalue weighted by Crippen LogP contribution is 2.28.